The van der Waals surface area contributed by atoms with Gasteiger partial charge < -0.3 is 20.3 Å². The molecule has 6 heteroatoms. The Morgan fingerprint density at radius 2 is 2.09 bits per heavy atom. The molecule has 1 aliphatic heterocycles. The van der Waals surface area contributed by atoms with Gasteiger partial charge in [-0.2, -0.15) is 0 Å². The van der Waals surface area contributed by atoms with Crippen LogP contribution in [0.4, 0.5) is 0 Å². The van der Waals surface area contributed by atoms with Crippen LogP contribution in [0, 0.1) is 0 Å². The van der Waals surface area contributed by atoms with Crippen LogP contribution in [-0.2, 0) is 4.74 Å². The third-order valence-electron chi connectivity index (χ3n) is 4.92. The van der Waals surface area contributed by atoms with Crippen molar-refractivity contribution in [3.05, 3.63) is 22.4 Å². The van der Waals surface area contributed by atoms with E-state index in [1.165, 1.54) is 37.0 Å². The molecule has 2 heterocycles. The van der Waals surface area contributed by atoms with Crippen molar-refractivity contribution in [1.82, 2.24) is 10.6 Å². The number of morpholine rings is 1. The fraction of sp³-hybridized carbons (Fsp3) is 0.706. The van der Waals surface area contributed by atoms with Crippen molar-refractivity contribution < 1.29 is 9.64 Å². The SMILES string of the molecule is S=C(NC[C@H](c1cccs1)[NH+]1CCOCC1)NC1CCCCC1. The lowest BCUT2D eigenvalue weighted by Crippen LogP contribution is -3.15. The first kappa shape index (κ1) is 17.1. The summed E-state index contributed by atoms with van der Waals surface area (Å²) in [6.45, 7) is 4.78. The average Bonchev–Trinajstić information content (AvgIpc) is 3.11. The lowest BCUT2D eigenvalue weighted by atomic mass is 9.96. The van der Waals surface area contributed by atoms with Crippen LogP contribution in [0.2, 0.25) is 0 Å². The first-order valence-electron chi connectivity index (χ1n) is 8.83. The maximum atomic E-state index is 5.53. The summed E-state index contributed by atoms with van der Waals surface area (Å²) in [7, 11) is 0. The Labute approximate surface area is 148 Å². The zero-order valence-electron chi connectivity index (χ0n) is 13.7. The number of rotatable bonds is 5. The minimum absolute atomic E-state index is 0.463. The molecule has 0 bridgehead atoms. The van der Waals surface area contributed by atoms with Crippen LogP contribution < -0.4 is 15.5 Å². The van der Waals surface area contributed by atoms with Crippen LogP contribution in [0.3, 0.4) is 0 Å². The quantitative estimate of drug-likeness (QED) is 0.701. The summed E-state index contributed by atoms with van der Waals surface area (Å²) in [5.74, 6) is 0. The van der Waals surface area contributed by atoms with E-state index in [2.05, 4.69) is 28.1 Å². The van der Waals surface area contributed by atoms with Gasteiger partial charge in [0.25, 0.3) is 0 Å². The molecule has 1 saturated heterocycles. The monoisotopic (exact) mass is 354 g/mol. The minimum atomic E-state index is 0.463. The van der Waals surface area contributed by atoms with Gasteiger partial charge in [0.2, 0.25) is 0 Å². The summed E-state index contributed by atoms with van der Waals surface area (Å²) in [5.41, 5.74) is 0. The molecule has 2 aliphatic rings. The van der Waals surface area contributed by atoms with Gasteiger partial charge in [-0.25, -0.2) is 0 Å². The van der Waals surface area contributed by atoms with Crippen LogP contribution in [0.5, 0.6) is 0 Å². The molecule has 0 unspecified atom stereocenters. The van der Waals surface area contributed by atoms with E-state index in [9.17, 15) is 0 Å². The van der Waals surface area contributed by atoms with Gasteiger partial charge >= 0.3 is 0 Å². The molecule has 23 heavy (non-hydrogen) atoms. The second-order valence-corrected chi connectivity index (χ2v) is 7.92. The van der Waals surface area contributed by atoms with Crippen molar-refractivity contribution in [3.63, 3.8) is 0 Å². The van der Waals surface area contributed by atoms with Gasteiger partial charge in [-0.1, -0.05) is 25.3 Å². The molecule has 3 N–H and O–H groups in total. The number of hydrogen-bond donors (Lipinski definition) is 3. The molecule has 0 amide bonds. The Balaban J connectivity index is 1.52. The molecule has 128 valence electrons. The summed E-state index contributed by atoms with van der Waals surface area (Å²) >= 11 is 7.38. The van der Waals surface area contributed by atoms with E-state index in [0.29, 0.717) is 12.1 Å². The minimum Gasteiger partial charge on any atom is -0.370 e. The average molecular weight is 355 g/mol. The van der Waals surface area contributed by atoms with E-state index in [1.807, 2.05) is 11.3 Å². The lowest BCUT2D eigenvalue weighted by Gasteiger charge is -2.32. The van der Waals surface area contributed by atoms with E-state index in [1.54, 1.807) is 4.90 Å². The Bertz CT molecular complexity index is 468. The summed E-state index contributed by atoms with van der Waals surface area (Å²) in [6.07, 6.45) is 6.54. The molecule has 2 fully saturated rings. The summed E-state index contributed by atoms with van der Waals surface area (Å²) in [4.78, 5) is 3.04. The Morgan fingerprint density at radius 3 is 2.78 bits per heavy atom. The van der Waals surface area contributed by atoms with Gasteiger partial charge in [0, 0.05) is 6.04 Å². The third kappa shape index (κ3) is 5.14. The van der Waals surface area contributed by atoms with E-state index in [-0.39, 0.29) is 0 Å². The van der Waals surface area contributed by atoms with Gasteiger partial charge in [0.05, 0.1) is 24.6 Å². The normalized spacial score (nSPS) is 21.7. The zero-order valence-corrected chi connectivity index (χ0v) is 15.3. The maximum Gasteiger partial charge on any atom is 0.166 e. The molecule has 0 radical (unpaired) electrons. The molecular formula is C17H28N3OS2+. The van der Waals surface area contributed by atoms with Gasteiger partial charge in [0.1, 0.15) is 19.1 Å². The van der Waals surface area contributed by atoms with Crippen LogP contribution >= 0.6 is 23.6 Å². The van der Waals surface area contributed by atoms with E-state index in [4.69, 9.17) is 17.0 Å². The first-order chi connectivity index (χ1) is 11.3. The highest BCUT2D eigenvalue weighted by atomic mass is 32.1. The lowest BCUT2D eigenvalue weighted by molar-refractivity contribution is -0.937. The van der Waals surface area contributed by atoms with Gasteiger partial charge in [-0.15, -0.1) is 11.3 Å². The van der Waals surface area contributed by atoms with Crippen LogP contribution in [0.15, 0.2) is 17.5 Å². The van der Waals surface area contributed by atoms with Gasteiger partial charge in [0.15, 0.2) is 5.11 Å². The molecule has 0 spiro atoms. The second kappa shape index (κ2) is 8.97. The number of quaternary nitrogens is 1. The van der Waals surface area contributed by atoms with Crippen molar-refractivity contribution in [2.75, 3.05) is 32.8 Å². The molecule has 1 aromatic rings. The van der Waals surface area contributed by atoms with E-state index >= 15 is 0 Å². The Kier molecular flexibility index (Phi) is 6.68. The number of nitrogens with one attached hydrogen (secondary N) is 3. The van der Waals surface area contributed by atoms with Crippen molar-refractivity contribution in [2.24, 2.45) is 0 Å². The Hall–Kier alpha value is -0.690. The smallest absolute Gasteiger partial charge is 0.166 e. The topological polar surface area (TPSA) is 37.7 Å². The number of ether oxygens (including phenoxy) is 1. The van der Waals surface area contributed by atoms with Crippen LogP contribution in [-0.4, -0.2) is 44.0 Å². The molecule has 0 aromatic carbocycles. The molecule has 4 nitrogen and oxygen atoms in total. The molecule has 1 aromatic heterocycles. The number of thiophene rings is 1. The highest BCUT2D eigenvalue weighted by Gasteiger charge is 2.27. The van der Waals surface area contributed by atoms with Crippen molar-refractivity contribution in [1.29, 1.82) is 0 Å². The van der Waals surface area contributed by atoms with Crippen LogP contribution in [0.1, 0.15) is 43.0 Å². The first-order valence-corrected chi connectivity index (χ1v) is 10.1. The van der Waals surface area contributed by atoms with Crippen molar-refractivity contribution in [2.45, 2.75) is 44.2 Å². The predicted octanol–water partition coefficient (Wildman–Crippen LogP) is 1.50. The standard InChI is InChI=1S/C17H27N3OS2/c22-17(19-14-5-2-1-3-6-14)18-13-15(16-7-4-12-23-16)20-8-10-21-11-9-20/h4,7,12,14-15H,1-3,5-6,8-11,13H2,(H2,18,19,22)/p+1/t15-/m1/s1. The number of hydrogen-bond acceptors (Lipinski definition) is 3. The van der Waals surface area contributed by atoms with Gasteiger partial charge in [-0.3, -0.25) is 0 Å². The molecule has 1 atom stereocenters. The highest BCUT2D eigenvalue weighted by Crippen LogP contribution is 2.18. The predicted molar refractivity (Wildman–Crippen MR) is 99.2 cm³/mol. The van der Waals surface area contributed by atoms with Crippen molar-refractivity contribution >= 4 is 28.7 Å². The molecule has 1 saturated carbocycles. The summed E-state index contributed by atoms with van der Waals surface area (Å²) in [6, 6.07) is 5.42. The summed E-state index contributed by atoms with van der Waals surface area (Å²) < 4.78 is 5.52. The van der Waals surface area contributed by atoms with E-state index < -0.39 is 0 Å². The van der Waals surface area contributed by atoms with Crippen LogP contribution in [0.25, 0.3) is 0 Å². The molecule has 1 aliphatic carbocycles. The maximum absolute atomic E-state index is 5.53. The summed E-state index contributed by atoms with van der Waals surface area (Å²) in [5, 5.41) is 9.99. The fourth-order valence-electron chi connectivity index (χ4n) is 3.60. The second-order valence-electron chi connectivity index (χ2n) is 6.53. The fourth-order valence-corrected chi connectivity index (χ4v) is 4.73. The van der Waals surface area contributed by atoms with Crippen molar-refractivity contribution in [3.8, 4) is 0 Å². The number of thiocarbonyl (C=S) groups is 1. The highest BCUT2D eigenvalue weighted by molar-refractivity contribution is 7.80. The largest absolute Gasteiger partial charge is 0.370 e. The third-order valence-corrected chi connectivity index (χ3v) is 6.17. The van der Waals surface area contributed by atoms with E-state index in [0.717, 1.165) is 38.0 Å². The Morgan fingerprint density at radius 1 is 1.30 bits per heavy atom. The molecule has 3 rings (SSSR count). The molecular weight excluding hydrogens is 326 g/mol. The van der Waals surface area contributed by atoms with Gasteiger partial charge in [-0.05, 0) is 36.5 Å². The zero-order chi connectivity index (χ0) is 15.9.